The zero-order valence-corrected chi connectivity index (χ0v) is 18.4. The number of benzene rings is 2. The van der Waals surface area contributed by atoms with Crippen LogP contribution in [0.4, 0.5) is 18.9 Å². The summed E-state index contributed by atoms with van der Waals surface area (Å²) in [5, 5.41) is 2.42. The summed E-state index contributed by atoms with van der Waals surface area (Å²) in [6.07, 6.45) is -3.95. The Morgan fingerprint density at radius 2 is 1.65 bits per heavy atom. The zero-order valence-electron chi connectivity index (χ0n) is 17.6. The van der Waals surface area contributed by atoms with Crippen molar-refractivity contribution in [1.82, 2.24) is 4.72 Å². The number of carbonyl (C=O) groups is 1. The Morgan fingerprint density at radius 3 is 2.16 bits per heavy atom. The van der Waals surface area contributed by atoms with Gasteiger partial charge in [0.05, 0.1) is 22.8 Å². The van der Waals surface area contributed by atoms with E-state index in [1.165, 1.54) is 24.3 Å². The van der Waals surface area contributed by atoms with Crippen molar-refractivity contribution in [2.75, 3.05) is 11.9 Å². The molecule has 1 amide bonds. The number of rotatable bonds is 7. The second-order valence-electron chi connectivity index (χ2n) is 7.89. The predicted octanol–water partition coefficient (Wildman–Crippen LogP) is 4.82. The van der Waals surface area contributed by atoms with Crippen LogP contribution >= 0.6 is 0 Å². The molecule has 0 radical (unpaired) electrons. The molecule has 0 spiro atoms. The number of alkyl halides is 3. The van der Waals surface area contributed by atoms with E-state index in [0.29, 0.717) is 6.42 Å². The van der Waals surface area contributed by atoms with Gasteiger partial charge in [-0.25, -0.2) is 13.1 Å². The van der Waals surface area contributed by atoms with E-state index in [0.717, 1.165) is 18.2 Å². The number of carbonyl (C=O) groups excluding carboxylic acids is 1. The number of ether oxygens (including phenoxy) is 1. The SMILES string of the molecule is CCCOc1ccc(C(F)(F)F)cc1NC(=O)c1ccc(S(=O)(=O)NC(C)(C)C)cc1. The highest BCUT2D eigenvalue weighted by Gasteiger charge is 2.31. The highest BCUT2D eigenvalue weighted by atomic mass is 32.2. The lowest BCUT2D eigenvalue weighted by molar-refractivity contribution is -0.137. The van der Waals surface area contributed by atoms with Crippen molar-refractivity contribution >= 4 is 21.6 Å². The maximum absolute atomic E-state index is 13.1. The van der Waals surface area contributed by atoms with Crippen LogP contribution in [-0.4, -0.2) is 26.5 Å². The molecule has 0 saturated heterocycles. The van der Waals surface area contributed by atoms with Crippen LogP contribution in [-0.2, 0) is 16.2 Å². The first-order valence-electron chi connectivity index (χ1n) is 9.52. The molecule has 2 N–H and O–H groups in total. The average Bonchev–Trinajstić information content (AvgIpc) is 2.64. The van der Waals surface area contributed by atoms with Crippen LogP contribution in [0.25, 0.3) is 0 Å². The number of hydrogen-bond donors (Lipinski definition) is 2. The quantitative estimate of drug-likeness (QED) is 0.623. The lowest BCUT2D eigenvalue weighted by atomic mass is 10.1. The van der Waals surface area contributed by atoms with Crippen molar-refractivity contribution in [1.29, 1.82) is 0 Å². The molecular weight excluding hydrogens is 433 g/mol. The van der Waals surface area contributed by atoms with Crippen molar-refractivity contribution in [3.8, 4) is 5.75 Å². The Kier molecular flexibility index (Phi) is 7.38. The largest absolute Gasteiger partial charge is 0.491 e. The molecule has 0 aliphatic rings. The number of halogens is 3. The summed E-state index contributed by atoms with van der Waals surface area (Å²) >= 11 is 0. The van der Waals surface area contributed by atoms with Crippen molar-refractivity contribution in [3.05, 3.63) is 53.6 Å². The van der Waals surface area contributed by atoms with Gasteiger partial charge >= 0.3 is 6.18 Å². The maximum atomic E-state index is 13.1. The van der Waals surface area contributed by atoms with Crippen LogP contribution < -0.4 is 14.8 Å². The third-order valence-electron chi connectivity index (χ3n) is 3.88. The molecule has 2 rings (SSSR count). The molecule has 0 fully saturated rings. The Labute approximate surface area is 179 Å². The summed E-state index contributed by atoms with van der Waals surface area (Å²) in [6, 6.07) is 7.91. The van der Waals surface area contributed by atoms with Gasteiger partial charge in [0.15, 0.2) is 0 Å². The van der Waals surface area contributed by atoms with E-state index in [-0.39, 0.29) is 28.5 Å². The normalized spacial score (nSPS) is 12.5. The van der Waals surface area contributed by atoms with Gasteiger partial charge in [-0.1, -0.05) is 6.92 Å². The zero-order chi connectivity index (χ0) is 23.4. The number of hydrogen-bond acceptors (Lipinski definition) is 4. The molecule has 0 saturated carbocycles. The van der Waals surface area contributed by atoms with Crippen LogP contribution in [0.3, 0.4) is 0 Å². The molecule has 2 aromatic carbocycles. The predicted molar refractivity (Wildman–Crippen MR) is 112 cm³/mol. The van der Waals surface area contributed by atoms with Gasteiger partial charge in [-0.05, 0) is 69.7 Å². The lowest BCUT2D eigenvalue weighted by Gasteiger charge is -2.20. The van der Waals surface area contributed by atoms with E-state index in [1.54, 1.807) is 20.8 Å². The number of anilines is 1. The van der Waals surface area contributed by atoms with Crippen molar-refractivity contribution in [2.24, 2.45) is 0 Å². The summed E-state index contributed by atoms with van der Waals surface area (Å²) in [6.45, 7) is 7.19. The van der Waals surface area contributed by atoms with Crippen molar-refractivity contribution in [3.63, 3.8) is 0 Å². The van der Waals surface area contributed by atoms with Crippen LogP contribution in [0.5, 0.6) is 5.75 Å². The van der Waals surface area contributed by atoms with Crippen molar-refractivity contribution in [2.45, 2.75) is 50.7 Å². The molecule has 10 heteroatoms. The molecule has 2 aromatic rings. The van der Waals surface area contributed by atoms with Gasteiger partial charge in [-0.2, -0.15) is 13.2 Å². The summed E-state index contributed by atoms with van der Waals surface area (Å²) < 4.78 is 71.9. The minimum atomic E-state index is -4.58. The summed E-state index contributed by atoms with van der Waals surface area (Å²) in [5.41, 5.74) is -1.66. The summed E-state index contributed by atoms with van der Waals surface area (Å²) in [7, 11) is -3.79. The Bertz CT molecular complexity index is 1030. The van der Waals surface area contributed by atoms with E-state index in [2.05, 4.69) is 10.0 Å². The second-order valence-corrected chi connectivity index (χ2v) is 9.57. The van der Waals surface area contributed by atoms with Gasteiger partial charge in [0, 0.05) is 11.1 Å². The van der Waals surface area contributed by atoms with Crippen LogP contribution in [0.15, 0.2) is 47.4 Å². The molecule has 0 aliphatic heterocycles. The topological polar surface area (TPSA) is 84.5 Å². The molecule has 0 unspecified atom stereocenters. The highest BCUT2D eigenvalue weighted by Crippen LogP contribution is 2.35. The molecular formula is C21H25F3N2O4S. The van der Waals surface area contributed by atoms with E-state index < -0.39 is 33.2 Å². The number of amides is 1. The monoisotopic (exact) mass is 458 g/mol. The number of sulfonamides is 1. The maximum Gasteiger partial charge on any atom is 0.416 e. The average molecular weight is 459 g/mol. The minimum Gasteiger partial charge on any atom is -0.491 e. The third-order valence-corrected chi connectivity index (χ3v) is 5.66. The van der Waals surface area contributed by atoms with E-state index in [9.17, 15) is 26.4 Å². The van der Waals surface area contributed by atoms with E-state index in [4.69, 9.17) is 4.74 Å². The first-order valence-corrected chi connectivity index (χ1v) is 11.0. The summed E-state index contributed by atoms with van der Waals surface area (Å²) in [5.74, 6) is -0.592. The Morgan fingerprint density at radius 1 is 1.03 bits per heavy atom. The molecule has 0 bridgehead atoms. The first-order chi connectivity index (χ1) is 14.2. The third kappa shape index (κ3) is 6.96. The number of nitrogens with one attached hydrogen (secondary N) is 2. The van der Waals surface area contributed by atoms with Crippen LogP contribution in [0, 0.1) is 0 Å². The fourth-order valence-electron chi connectivity index (χ4n) is 2.58. The smallest absolute Gasteiger partial charge is 0.416 e. The van der Waals surface area contributed by atoms with Crippen LogP contribution in [0.1, 0.15) is 50.0 Å². The van der Waals surface area contributed by atoms with Gasteiger partial charge in [0.25, 0.3) is 5.91 Å². The molecule has 31 heavy (non-hydrogen) atoms. The Balaban J connectivity index is 2.28. The Hall–Kier alpha value is -2.59. The second kappa shape index (κ2) is 9.27. The first kappa shape index (κ1) is 24.7. The fourth-order valence-corrected chi connectivity index (χ4v) is 4.00. The minimum absolute atomic E-state index is 0.0370. The molecule has 0 atom stereocenters. The van der Waals surface area contributed by atoms with Gasteiger partial charge in [0.2, 0.25) is 10.0 Å². The van der Waals surface area contributed by atoms with Gasteiger partial charge in [-0.3, -0.25) is 4.79 Å². The highest BCUT2D eigenvalue weighted by molar-refractivity contribution is 7.89. The van der Waals surface area contributed by atoms with Crippen molar-refractivity contribution < 1.29 is 31.1 Å². The van der Waals surface area contributed by atoms with Crippen LogP contribution in [0.2, 0.25) is 0 Å². The fraction of sp³-hybridized carbons (Fsp3) is 0.381. The van der Waals surface area contributed by atoms with E-state index in [1.807, 2.05) is 6.92 Å². The molecule has 170 valence electrons. The molecule has 0 aromatic heterocycles. The van der Waals surface area contributed by atoms with Gasteiger partial charge in [-0.15, -0.1) is 0 Å². The molecule has 6 nitrogen and oxygen atoms in total. The molecule has 0 aliphatic carbocycles. The van der Waals surface area contributed by atoms with Gasteiger partial charge < -0.3 is 10.1 Å². The lowest BCUT2D eigenvalue weighted by Crippen LogP contribution is -2.40. The standard InChI is InChI=1S/C21H25F3N2O4S/c1-5-12-30-18-11-8-15(21(22,23)24)13-17(18)25-19(27)14-6-9-16(10-7-14)31(28,29)26-20(2,3)4/h6-11,13,26H,5,12H2,1-4H3,(H,25,27). The molecule has 0 heterocycles. The van der Waals surface area contributed by atoms with E-state index >= 15 is 0 Å². The van der Waals surface area contributed by atoms with Gasteiger partial charge in [0.1, 0.15) is 5.75 Å². The summed E-state index contributed by atoms with van der Waals surface area (Å²) in [4.78, 5) is 12.5.